The van der Waals surface area contributed by atoms with Crippen molar-refractivity contribution in [2.24, 2.45) is 0 Å². The lowest BCUT2D eigenvalue weighted by atomic mass is 10.2. The van der Waals surface area contributed by atoms with Gasteiger partial charge in [-0.1, -0.05) is 0 Å². The molecule has 0 saturated heterocycles. The smallest absolute Gasteiger partial charge is 0.254 e. The third-order valence-corrected chi connectivity index (χ3v) is 1.27. The molecule has 0 aromatic carbocycles. The highest BCUT2D eigenvalue weighted by atomic mass is 16.2. The number of nitrogens with zero attached hydrogens (tertiary/aromatic N) is 2. The third kappa shape index (κ3) is 1.77. The van der Waals surface area contributed by atoms with Crippen molar-refractivity contribution in [2.75, 3.05) is 14.1 Å². The lowest BCUT2D eigenvalue weighted by Crippen LogP contribution is -2.21. The zero-order valence-electron chi connectivity index (χ0n) is 6.53. The summed E-state index contributed by atoms with van der Waals surface area (Å²) in [4.78, 5) is 16.4. The van der Waals surface area contributed by atoms with E-state index in [4.69, 9.17) is 0 Å². The first-order chi connectivity index (χ1) is 5.22. The average molecular weight is 149 g/mol. The van der Waals surface area contributed by atoms with E-state index in [9.17, 15) is 4.79 Å². The van der Waals surface area contributed by atoms with Gasteiger partial charge in [0.05, 0.1) is 11.8 Å². The van der Waals surface area contributed by atoms with E-state index in [0.717, 1.165) is 0 Å². The van der Waals surface area contributed by atoms with E-state index in [2.05, 4.69) is 11.2 Å². The van der Waals surface area contributed by atoms with E-state index in [0.29, 0.717) is 5.56 Å². The molecule has 1 rings (SSSR count). The average Bonchev–Trinajstić information content (AvgIpc) is 2.05. The predicted molar refractivity (Wildman–Crippen MR) is 41.1 cm³/mol. The Morgan fingerprint density at radius 2 is 2.36 bits per heavy atom. The molecular formula is C8H9N2O. The van der Waals surface area contributed by atoms with Crippen molar-refractivity contribution in [1.82, 2.24) is 9.88 Å². The molecule has 0 aliphatic carbocycles. The number of aromatic nitrogens is 1. The SMILES string of the molecule is CN(C)C(=O)c1cc[c]nc1. The maximum absolute atomic E-state index is 11.2. The summed E-state index contributed by atoms with van der Waals surface area (Å²) < 4.78 is 0. The van der Waals surface area contributed by atoms with Crippen LogP contribution in [0.3, 0.4) is 0 Å². The molecule has 11 heavy (non-hydrogen) atoms. The van der Waals surface area contributed by atoms with E-state index in [1.807, 2.05) is 0 Å². The van der Waals surface area contributed by atoms with Gasteiger partial charge in [0.2, 0.25) is 0 Å². The maximum atomic E-state index is 11.2. The Hall–Kier alpha value is -1.38. The van der Waals surface area contributed by atoms with E-state index < -0.39 is 0 Å². The van der Waals surface area contributed by atoms with Crippen molar-refractivity contribution < 1.29 is 4.79 Å². The van der Waals surface area contributed by atoms with Gasteiger partial charge >= 0.3 is 0 Å². The van der Waals surface area contributed by atoms with Crippen LogP contribution in [0, 0.1) is 6.20 Å². The molecule has 0 saturated carbocycles. The Balaban J connectivity index is 2.86. The molecular weight excluding hydrogens is 140 g/mol. The summed E-state index contributed by atoms with van der Waals surface area (Å²) in [6, 6.07) is 3.31. The second kappa shape index (κ2) is 3.14. The highest BCUT2D eigenvalue weighted by Gasteiger charge is 2.05. The number of pyridine rings is 1. The van der Waals surface area contributed by atoms with Gasteiger partial charge in [0.25, 0.3) is 5.91 Å². The number of hydrogen-bond acceptors (Lipinski definition) is 2. The monoisotopic (exact) mass is 149 g/mol. The van der Waals surface area contributed by atoms with Crippen LogP contribution < -0.4 is 0 Å². The Kier molecular flexibility index (Phi) is 2.21. The highest BCUT2D eigenvalue weighted by Crippen LogP contribution is 1.97. The molecule has 3 heteroatoms. The van der Waals surface area contributed by atoms with Gasteiger partial charge in [-0.3, -0.25) is 9.78 Å². The fourth-order valence-electron chi connectivity index (χ4n) is 0.705. The lowest BCUT2D eigenvalue weighted by molar-refractivity contribution is 0.0827. The van der Waals surface area contributed by atoms with Crippen molar-refractivity contribution in [3.8, 4) is 0 Å². The van der Waals surface area contributed by atoms with Crippen LogP contribution in [0.25, 0.3) is 0 Å². The van der Waals surface area contributed by atoms with E-state index >= 15 is 0 Å². The number of hydrogen-bond donors (Lipinski definition) is 0. The zero-order valence-corrected chi connectivity index (χ0v) is 6.53. The van der Waals surface area contributed by atoms with Crippen LogP contribution in [0.1, 0.15) is 10.4 Å². The minimum Gasteiger partial charge on any atom is -0.345 e. The lowest BCUT2D eigenvalue weighted by Gasteiger charge is -2.08. The van der Waals surface area contributed by atoms with Gasteiger partial charge in [-0.05, 0) is 12.1 Å². The minimum atomic E-state index is -0.0356. The van der Waals surface area contributed by atoms with Gasteiger partial charge < -0.3 is 4.90 Å². The number of carbonyl (C=O) groups is 1. The molecule has 1 heterocycles. The standard InChI is InChI=1S/C8H9N2O/c1-10(2)8(11)7-4-3-5-9-6-7/h3-4,6H,1-2H3. The van der Waals surface area contributed by atoms with Crippen LogP contribution in [-0.2, 0) is 0 Å². The van der Waals surface area contributed by atoms with E-state index in [1.54, 1.807) is 26.2 Å². The van der Waals surface area contributed by atoms with Gasteiger partial charge in [-0.2, -0.15) is 0 Å². The largest absolute Gasteiger partial charge is 0.345 e. The summed E-state index contributed by atoms with van der Waals surface area (Å²) in [6.07, 6.45) is 4.11. The molecule has 0 fully saturated rings. The zero-order chi connectivity index (χ0) is 8.27. The van der Waals surface area contributed by atoms with Crippen molar-refractivity contribution in [2.45, 2.75) is 0 Å². The third-order valence-electron chi connectivity index (χ3n) is 1.27. The van der Waals surface area contributed by atoms with Crippen molar-refractivity contribution in [1.29, 1.82) is 0 Å². The first-order valence-electron chi connectivity index (χ1n) is 3.25. The molecule has 3 nitrogen and oxygen atoms in total. The van der Waals surface area contributed by atoms with Gasteiger partial charge in [0, 0.05) is 20.3 Å². The Bertz CT molecular complexity index is 244. The molecule has 0 N–H and O–H groups in total. The number of amides is 1. The summed E-state index contributed by atoms with van der Waals surface area (Å²) in [5.41, 5.74) is 0.591. The molecule has 1 aromatic heterocycles. The van der Waals surface area contributed by atoms with E-state index in [-0.39, 0.29) is 5.91 Å². The first kappa shape index (κ1) is 7.72. The summed E-state index contributed by atoms with van der Waals surface area (Å²) >= 11 is 0. The second-order valence-corrected chi connectivity index (χ2v) is 2.38. The van der Waals surface area contributed by atoms with Crippen LogP contribution in [0.2, 0.25) is 0 Å². The van der Waals surface area contributed by atoms with Gasteiger partial charge in [0.1, 0.15) is 0 Å². The molecule has 0 aliphatic rings. The quantitative estimate of drug-likeness (QED) is 0.585. The molecule has 0 atom stereocenters. The van der Waals surface area contributed by atoms with Gasteiger partial charge in [-0.25, -0.2) is 0 Å². The fraction of sp³-hybridized carbons (Fsp3) is 0.250. The molecule has 1 amide bonds. The summed E-state index contributed by atoms with van der Waals surface area (Å²) in [6.45, 7) is 0. The molecule has 57 valence electrons. The molecule has 0 spiro atoms. The summed E-state index contributed by atoms with van der Waals surface area (Å²) in [7, 11) is 3.41. The minimum absolute atomic E-state index is 0.0356. The maximum Gasteiger partial charge on any atom is 0.254 e. The van der Waals surface area contributed by atoms with Gasteiger partial charge in [0.15, 0.2) is 0 Å². The topological polar surface area (TPSA) is 33.2 Å². The predicted octanol–water partition coefficient (Wildman–Crippen LogP) is 0.584. The summed E-state index contributed by atoms with van der Waals surface area (Å²) in [5.74, 6) is -0.0356. The van der Waals surface area contributed by atoms with Crippen LogP contribution >= 0.6 is 0 Å². The second-order valence-electron chi connectivity index (χ2n) is 2.38. The Morgan fingerprint density at radius 1 is 1.64 bits per heavy atom. The van der Waals surface area contributed by atoms with E-state index in [1.165, 1.54) is 11.1 Å². The molecule has 0 bridgehead atoms. The van der Waals surface area contributed by atoms with Crippen molar-refractivity contribution in [3.05, 3.63) is 30.1 Å². The molecule has 1 radical (unpaired) electrons. The Labute approximate surface area is 65.7 Å². The van der Waals surface area contributed by atoms with Crippen LogP contribution in [0.5, 0.6) is 0 Å². The fourth-order valence-corrected chi connectivity index (χ4v) is 0.705. The van der Waals surface area contributed by atoms with Crippen molar-refractivity contribution >= 4 is 5.91 Å². The van der Waals surface area contributed by atoms with Crippen LogP contribution in [0.4, 0.5) is 0 Å². The molecule has 1 aromatic rings. The number of carbonyl (C=O) groups excluding carboxylic acids is 1. The summed E-state index contributed by atoms with van der Waals surface area (Å²) in [5, 5.41) is 0. The molecule has 0 aliphatic heterocycles. The normalized spacial score (nSPS) is 9.27. The van der Waals surface area contributed by atoms with Gasteiger partial charge in [-0.15, -0.1) is 0 Å². The Morgan fingerprint density at radius 3 is 2.82 bits per heavy atom. The first-order valence-corrected chi connectivity index (χ1v) is 3.25. The highest BCUT2D eigenvalue weighted by molar-refractivity contribution is 5.93. The number of rotatable bonds is 1. The van der Waals surface area contributed by atoms with Crippen LogP contribution in [-0.4, -0.2) is 29.9 Å². The van der Waals surface area contributed by atoms with Crippen molar-refractivity contribution in [3.63, 3.8) is 0 Å². The molecule has 0 unspecified atom stereocenters. The van der Waals surface area contributed by atoms with Crippen LogP contribution in [0.15, 0.2) is 18.3 Å².